The highest BCUT2D eigenvalue weighted by Gasteiger charge is 2.08. The zero-order valence-corrected chi connectivity index (χ0v) is 8.47. The molecule has 1 rings (SSSR count). The normalized spacial score (nSPS) is 10.7. The van der Waals surface area contributed by atoms with Crippen LogP contribution in [0.5, 0.6) is 0 Å². The van der Waals surface area contributed by atoms with Crippen molar-refractivity contribution in [2.24, 2.45) is 0 Å². The zero-order chi connectivity index (χ0) is 8.97. The fourth-order valence-electron chi connectivity index (χ4n) is 0.952. The standard InChI is InChI=1S/C9H13O2P/c1-8-4-6-9(7-5-8)12(10-2)11-3/h4-7H,1-3H3. The van der Waals surface area contributed by atoms with Crippen LogP contribution in [0, 0.1) is 6.92 Å². The highest BCUT2D eigenvalue weighted by molar-refractivity contribution is 7.55. The highest BCUT2D eigenvalue weighted by Crippen LogP contribution is 2.34. The number of aryl methyl sites for hydroxylation is 1. The third-order valence-electron chi connectivity index (χ3n) is 1.58. The van der Waals surface area contributed by atoms with E-state index in [1.807, 2.05) is 12.1 Å². The van der Waals surface area contributed by atoms with E-state index in [9.17, 15) is 0 Å². The van der Waals surface area contributed by atoms with Crippen LogP contribution >= 0.6 is 8.38 Å². The second kappa shape index (κ2) is 4.56. The third kappa shape index (κ3) is 2.28. The molecule has 0 aliphatic rings. The number of rotatable bonds is 3. The van der Waals surface area contributed by atoms with Crippen molar-refractivity contribution in [1.29, 1.82) is 0 Å². The summed E-state index contributed by atoms with van der Waals surface area (Å²) in [4.78, 5) is 0. The zero-order valence-electron chi connectivity index (χ0n) is 7.57. The molecule has 3 heteroatoms. The SMILES string of the molecule is COP(OC)c1ccc(C)cc1. The molecular formula is C9H13O2P. The minimum atomic E-state index is -0.864. The first-order valence-corrected chi connectivity index (χ1v) is 4.90. The average molecular weight is 184 g/mol. The summed E-state index contributed by atoms with van der Waals surface area (Å²) in [6.07, 6.45) is 0. The van der Waals surface area contributed by atoms with Crippen LogP contribution in [-0.4, -0.2) is 14.2 Å². The maximum absolute atomic E-state index is 5.17. The van der Waals surface area contributed by atoms with Gasteiger partial charge in [-0.15, -0.1) is 0 Å². The third-order valence-corrected chi connectivity index (χ3v) is 2.96. The lowest BCUT2D eigenvalue weighted by Crippen LogP contribution is -2.02. The van der Waals surface area contributed by atoms with Gasteiger partial charge in [0.05, 0.1) is 0 Å². The van der Waals surface area contributed by atoms with Gasteiger partial charge in [0.1, 0.15) is 0 Å². The van der Waals surface area contributed by atoms with Crippen LogP contribution in [0.1, 0.15) is 5.56 Å². The maximum atomic E-state index is 5.17. The van der Waals surface area contributed by atoms with Gasteiger partial charge in [-0.1, -0.05) is 17.7 Å². The second-order valence-electron chi connectivity index (χ2n) is 2.46. The molecule has 0 heterocycles. The van der Waals surface area contributed by atoms with Gasteiger partial charge >= 0.3 is 0 Å². The van der Waals surface area contributed by atoms with Crippen LogP contribution in [0.15, 0.2) is 24.3 Å². The van der Waals surface area contributed by atoms with Gasteiger partial charge in [0.15, 0.2) is 0 Å². The van der Waals surface area contributed by atoms with Crippen molar-refractivity contribution in [2.75, 3.05) is 14.2 Å². The Balaban J connectivity index is 2.80. The van der Waals surface area contributed by atoms with Gasteiger partial charge in [0.25, 0.3) is 0 Å². The molecule has 12 heavy (non-hydrogen) atoms. The molecule has 0 N–H and O–H groups in total. The minimum Gasteiger partial charge on any atom is -0.334 e. The Labute approximate surface area is 74.4 Å². The summed E-state index contributed by atoms with van der Waals surface area (Å²) < 4.78 is 10.3. The van der Waals surface area contributed by atoms with Crippen molar-refractivity contribution in [3.8, 4) is 0 Å². The fraction of sp³-hybridized carbons (Fsp3) is 0.333. The van der Waals surface area contributed by atoms with Gasteiger partial charge < -0.3 is 9.05 Å². The van der Waals surface area contributed by atoms with Crippen LogP contribution in [-0.2, 0) is 9.05 Å². The maximum Gasteiger partial charge on any atom is 0.204 e. The Hall–Kier alpha value is -0.430. The van der Waals surface area contributed by atoms with Crippen LogP contribution in [0.3, 0.4) is 0 Å². The Morgan fingerprint density at radius 1 is 1.00 bits per heavy atom. The van der Waals surface area contributed by atoms with Crippen LogP contribution in [0.25, 0.3) is 0 Å². The quantitative estimate of drug-likeness (QED) is 0.670. The molecule has 2 nitrogen and oxygen atoms in total. The Morgan fingerprint density at radius 3 is 1.92 bits per heavy atom. The van der Waals surface area contributed by atoms with Crippen molar-refractivity contribution < 1.29 is 9.05 Å². The Kier molecular flexibility index (Phi) is 3.67. The van der Waals surface area contributed by atoms with Crippen molar-refractivity contribution in [2.45, 2.75) is 6.92 Å². The Bertz CT molecular complexity index is 229. The van der Waals surface area contributed by atoms with E-state index >= 15 is 0 Å². The summed E-state index contributed by atoms with van der Waals surface area (Å²) in [5, 5.41) is 1.11. The molecule has 0 unspecified atom stereocenters. The molecule has 0 aromatic heterocycles. The van der Waals surface area contributed by atoms with Crippen LogP contribution < -0.4 is 5.30 Å². The van der Waals surface area contributed by atoms with Gasteiger partial charge in [-0.3, -0.25) is 0 Å². The largest absolute Gasteiger partial charge is 0.334 e. The molecule has 0 saturated carbocycles. The molecule has 0 atom stereocenters. The smallest absolute Gasteiger partial charge is 0.204 e. The predicted octanol–water partition coefficient (Wildman–Crippen LogP) is 2.23. The molecule has 0 aliphatic carbocycles. The number of hydrogen-bond donors (Lipinski definition) is 0. The van der Waals surface area contributed by atoms with E-state index in [2.05, 4.69) is 19.1 Å². The van der Waals surface area contributed by atoms with E-state index in [0.29, 0.717) is 0 Å². The van der Waals surface area contributed by atoms with E-state index in [4.69, 9.17) is 9.05 Å². The van der Waals surface area contributed by atoms with E-state index in [-0.39, 0.29) is 0 Å². The molecular weight excluding hydrogens is 171 g/mol. The van der Waals surface area contributed by atoms with Gasteiger partial charge in [-0.05, 0) is 19.1 Å². The highest BCUT2D eigenvalue weighted by atomic mass is 31.2. The van der Waals surface area contributed by atoms with Gasteiger partial charge in [-0.25, -0.2) is 0 Å². The second-order valence-corrected chi connectivity index (χ2v) is 4.22. The first kappa shape index (κ1) is 9.66. The van der Waals surface area contributed by atoms with E-state index in [0.717, 1.165) is 5.30 Å². The van der Waals surface area contributed by atoms with Crippen molar-refractivity contribution in [3.63, 3.8) is 0 Å². The topological polar surface area (TPSA) is 18.5 Å². The monoisotopic (exact) mass is 184 g/mol. The molecule has 0 spiro atoms. The molecule has 0 amide bonds. The lowest BCUT2D eigenvalue weighted by molar-refractivity contribution is 0.350. The minimum absolute atomic E-state index is 0.864. The molecule has 0 radical (unpaired) electrons. The van der Waals surface area contributed by atoms with Gasteiger partial charge in [-0.2, -0.15) is 0 Å². The lowest BCUT2D eigenvalue weighted by Gasteiger charge is -2.11. The first-order chi connectivity index (χ1) is 5.77. The Morgan fingerprint density at radius 2 is 1.50 bits per heavy atom. The van der Waals surface area contributed by atoms with Crippen molar-refractivity contribution in [3.05, 3.63) is 29.8 Å². The van der Waals surface area contributed by atoms with Crippen molar-refractivity contribution in [1.82, 2.24) is 0 Å². The molecule has 0 aliphatic heterocycles. The van der Waals surface area contributed by atoms with Gasteiger partial charge in [0.2, 0.25) is 8.38 Å². The molecule has 1 aromatic carbocycles. The molecule has 0 saturated heterocycles. The fourth-order valence-corrected chi connectivity index (χ4v) is 1.92. The predicted molar refractivity (Wildman–Crippen MR) is 51.8 cm³/mol. The van der Waals surface area contributed by atoms with Crippen LogP contribution in [0.2, 0.25) is 0 Å². The molecule has 0 fully saturated rings. The summed E-state index contributed by atoms with van der Waals surface area (Å²) in [5.41, 5.74) is 1.25. The number of hydrogen-bond acceptors (Lipinski definition) is 2. The summed E-state index contributed by atoms with van der Waals surface area (Å²) in [6, 6.07) is 8.19. The summed E-state index contributed by atoms with van der Waals surface area (Å²) in [7, 11) is 2.46. The van der Waals surface area contributed by atoms with E-state index in [1.54, 1.807) is 14.2 Å². The van der Waals surface area contributed by atoms with E-state index < -0.39 is 8.38 Å². The molecule has 66 valence electrons. The summed E-state index contributed by atoms with van der Waals surface area (Å²) in [6.45, 7) is 2.06. The first-order valence-electron chi connectivity index (χ1n) is 3.73. The number of benzene rings is 1. The van der Waals surface area contributed by atoms with Crippen molar-refractivity contribution >= 4 is 13.7 Å². The average Bonchev–Trinajstić information content (AvgIpc) is 2.10. The summed E-state index contributed by atoms with van der Waals surface area (Å²) >= 11 is 0. The van der Waals surface area contributed by atoms with E-state index in [1.165, 1.54) is 5.56 Å². The lowest BCUT2D eigenvalue weighted by atomic mass is 10.2. The summed E-state index contributed by atoms with van der Waals surface area (Å²) in [5.74, 6) is 0. The van der Waals surface area contributed by atoms with Crippen LogP contribution in [0.4, 0.5) is 0 Å². The molecule has 0 bridgehead atoms. The van der Waals surface area contributed by atoms with Gasteiger partial charge in [0, 0.05) is 19.5 Å². The molecule has 1 aromatic rings.